The number of carbonyl (C=O) groups excluding carboxylic acids is 1. The summed E-state index contributed by atoms with van der Waals surface area (Å²) >= 11 is 0. The second kappa shape index (κ2) is 8.69. The molecule has 0 bridgehead atoms. The Morgan fingerprint density at radius 1 is 1.23 bits per heavy atom. The number of nitrogens with zero attached hydrogens (tertiary/aromatic N) is 2. The van der Waals surface area contributed by atoms with Gasteiger partial charge < -0.3 is 15.4 Å². The van der Waals surface area contributed by atoms with Crippen LogP contribution in [-0.2, 0) is 9.53 Å². The first-order valence-corrected chi connectivity index (χ1v) is 7.62. The Labute approximate surface area is 129 Å². The molecule has 0 spiro atoms. The Bertz CT molecular complexity index is 343. The summed E-state index contributed by atoms with van der Waals surface area (Å²) in [6.07, 6.45) is -3.71. The predicted octanol–water partition coefficient (Wildman–Crippen LogP) is 1.08. The van der Waals surface area contributed by atoms with Gasteiger partial charge in [0.05, 0.1) is 6.04 Å². The summed E-state index contributed by atoms with van der Waals surface area (Å²) in [7, 11) is 0. The number of ether oxygens (including phenoxy) is 1. The number of hydrogen-bond donors (Lipinski definition) is 1. The maximum atomic E-state index is 12.1. The highest BCUT2D eigenvalue weighted by Crippen LogP contribution is 2.14. The summed E-state index contributed by atoms with van der Waals surface area (Å²) in [5.41, 5.74) is 5.86. The van der Waals surface area contributed by atoms with Gasteiger partial charge in [-0.3, -0.25) is 9.69 Å². The standard InChI is InChI=1S/C14H26F3N3O2/c1-11(2)12(18)13(21)20-7-5-19(6-8-20)4-3-9-22-10-14(15,16)17/h11-12H,3-10,18H2,1-2H3/t12-/m0/s1. The van der Waals surface area contributed by atoms with E-state index in [9.17, 15) is 18.0 Å². The second-order valence-corrected chi connectivity index (χ2v) is 5.96. The summed E-state index contributed by atoms with van der Waals surface area (Å²) in [4.78, 5) is 16.0. The molecule has 1 fully saturated rings. The third-order valence-corrected chi connectivity index (χ3v) is 3.72. The van der Waals surface area contributed by atoms with Crippen LogP contribution in [0.5, 0.6) is 0 Å². The van der Waals surface area contributed by atoms with E-state index in [0.29, 0.717) is 26.1 Å². The third-order valence-electron chi connectivity index (χ3n) is 3.72. The molecule has 0 aromatic rings. The van der Waals surface area contributed by atoms with Gasteiger partial charge in [0.1, 0.15) is 6.61 Å². The van der Waals surface area contributed by atoms with Crippen molar-refractivity contribution in [2.75, 3.05) is 45.9 Å². The molecule has 0 aromatic carbocycles. The van der Waals surface area contributed by atoms with E-state index >= 15 is 0 Å². The number of piperazine rings is 1. The molecule has 130 valence electrons. The van der Waals surface area contributed by atoms with Crippen molar-refractivity contribution in [3.8, 4) is 0 Å². The van der Waals surface area contributed by atoms with E-state index in [-0.39, 0.29) is 18.4 Å². The summed E-state index contributed by atoms with van der Waals surface area (Å²) in [6, 6.07) is -0.470. The lowest BCUT2D eigenvalue weighted by molar-refractivity contribution is -0.174. The van der Waals surface area contributed by atoms with E-state index in [1.165, 1.54) is 0 Å². The van der Waals surface area contributed by atoms with Crippen molar-refractivity contribution in [1.29, 1.82) is 0 Å². The predicted molar refractivity (Wildman–Crippen MR) is 77.3 cm³/mol. The van der Waals surface area contributed by atoms with Gasteiger partial charge in [-0.25, -0.2) is 0 Å². The maximum absolute atomic E-state index is 12.1. The van der Waals surface area contributed by atoms with Crippen LogP contribution in [0.4, 0.5) is 13.2 Å². The number of hydrogen-bond acceptors (Lipinski definition) is 4. The van der Waals surface area contributed by atoms with E-state index in [1.807, 2.05) is 13.8 Å². The third kappa shape index (κ3) is 6.93. The number of rotatable bonds is 7. The minimum atomic E-state index is -4.26. The monoisotopic (exact) mass is 325 g/mol. The van der Waals surface area contributed by atoms with Crippen molar-refractivity contribution < 1.29 is 22.7 Å². The van der Waals surface area contributed by atoms with Gasteiger partial charge in [-0.15, -0.1) is 0 Å². The number of amides is 1. The van der Waals surface area contributed by atoms with Gasteiger partial charge in [0.15, 0.2) is 0 Å². The Morgan fingerprint density at radius 3 is 2.32 bits per heavy atom. The first-order chi connectivity index (χ1) is 10.2. The number of nitrogens with two attached hydrogens (primary N) is 1. The van der Waals surface area contributed by atoms with Gasteiger partial charge in [0.25, 0.3) is 0 Å². The quantitative estimate of drug-likeness (QED) is 0.712. The summed E-state index contributed by atoms with van der Waals surface area (Å²) in [5.74, 6) is 0.0828. The van der Waals surface area contributed by atoms with E-state index in [2.05, 4.69) is 9.64 Å². The van der Waals surface area contributed by atoms with Crippen LogP contribution in [-0.4, -0.2) is 73.9 Å². The molecule has 8 heteroatoms. The van der Waals surface area contributed by atoms with Gasteiger partial charge in [0.2, 0.25) is 5.91 Å². The molecule has 22 heavy (non-hydrogen) atoms. The molecule has 0 aliphatic carbocycles. The molecule has 1 rings (SSSR count). The highest BCUT2D eigenvalue weighted by Gasteiger charge is 2.28. The Hall–Kier alpha value is -0.860. The van der Waals surface area contributed by atoms with Crippen LogP contribution in [0.3, 0.4) is 0 Å². The minimum Gasteiger partial charge on any atom is -0.372 e. The summed E-state index contributed by atoms with van der Waals surface area (Å²) in [6.45, 7) is 6.08. The fourth-order valence-electron chi connectivity index (χ4n) is 2.27. The minimum absolute atomic E-state index is 0.0249. The second-order valence-electron chi connectivity index (χ2n) is 5.96. The molecule has 0 aromatic heterocycles. The van der Waals surface area contributed by atoms with Gasteiger partial charge in [-0.1, -0.05) is 13.8 Å². The van der Waals surface area contributed by atoms with Gasteiger partial charge in [0, 0.05) is 39.3 Å². The normalized spacial score (nSPS) is 18.8. The zero-order chi connectivity index (χ0) is 16.8. The Kier molecular flexibility index (Phi) is 7.58. The lowest BCUT2D eigenvalue weighted by Crippen LogP contribution is -2.54. The maximum Gasteiger partial charge on any atom is 0.411 e. The van der Waals surface area contributed by atoms with Crippen LogP contribution in [0.1, 0.15) is 20.3 Å². The molecule has 1 aliphatic rings. The molecule has 1 heterocycles. The first kappa shape index (κ1) is 19.2. The van der Waals surface area contributed by atoms with E-state index in [1.54, 1.807) is 4.90 Å². The smallest absolute Gasteiger partial charge is 0.372 e. The summed E-state index contributed by atoms with van der Waals surface area (Å²) in [5, 5.41) is 0. The Morgan fingerprint density at radius 2 is 1.82 bits per heavy atom. The molecule has 1 saturated heterocycles. The Balaban J connectivity index is 2.16. The topological polar surface area (TPSA) is 58.8 Å². The largest absolute Gasteiger partial charge is 0.411 e. The molecule has 0 unspecified atom stereocenters. The van der Waals surface area contributed by atoms with Crippen molar-refractivity contribution in [1.82, 2.24) is 9.80 Å². The van der Waals surface area contributed by atoms with E-state index in [0.717, 1.165) is 13.1 Å². The number of alkyl halides is 3. The van der Waals surface area contributed by atoms with Crippen LogP contribution >= 0.6 is 0 Å². The highest BCUT2D eigenvalue weighted by molar-refractivity contribution is 5.82. The van der Waals surface area contributed by atoms with Crippen LogP contribution in [0.15, 0.2) is 0 Å². The molecular weight excluding hydrogens is 299 g/mol. The fourth-order valence-corrected chi connectivity index (χ4v) is 2.27. The van der Waals surface area contributed by atoms with Crippen molar-refractivity contribution in [2.45, 2.75) is 32.5 Å². The molecule has 1 atom stereocenters. The SMILES string of the molecule is CC(C)[C@H](N)C(=O)N1CCN(CCCOCC(F)(F)F)CC1. The fraction of sp³-hybridized carbons (Fsp3) is 0.929. The van der Waals surface area contributed by atoms with Gasteiger partial charge in [-0.05, 0) is 12.3 Å². The van der Waals surface area contributed by atoms with E-state index < -0.39 is 18.8 Å². The zero-order valence-electron chi connectivity index (χ0n) is 13.2. The van der Waals surface area contributed by atoms with Crippen molar-refractivity contribution in [3.63, 3.8) is 0 Å². The van der Waals surface area contributed by atoms with Crippen molar-refractivity contribution in [3.05, 3.63) is 0 Å². The van der Waals surface area contributed by atoms with Gasteiger partial charge in [-0.2, -0.15) is 13.2 Å². The molecule has 2 N–H and O–H groups in total. The summed E-state index contributed by atoms with van der Waals surface area (Å²) < 4.78 is 40.3. The number of halogens is 3. The number of carbonyl (C=O) groups is 1. The lowest BCUT2D eigenvalue weighted by Gasteiger charge is -2.36. The molecule has 5 nitrogen and oxygen atoms in total. The molecule has 0 saturated carbocycles. The van der Waals surface area contributed by atoms with Crippen LogP contribution in [0.2, 0.25) is 0 Å². The first-order valence-electron chi connectivity index (χ1n) is 7.62. The molecule has 1 aliphatic heterocycles. The van der Waals surface area contributed by atoms with Gasteiger partial charge >= 0.3 is 6.18 Å². The van der Waals surface area contributed by atoms with Crippen LogP contribution in [0, 0.1) is 5.92 Å². The highest BCUT2D eigenvalue weighted by atomic mass is 19.4. The van der Waals surface area contributed by atoms with Crippen molar-refractivity contribution in [2.24, 2.45) is 11.7 Å². The van der Waals surface area contributed by atoms with E-state index in [4.69, 9.17) is 5.73 Å². The zero-order valence-corrected chi connectivity index (χ0v) is 13.2. The van der Waals surface area contributed by atoms with Crippen LogP contribution < -0.4 is 5.73 Å². The lowest BCUT2D eigenvalue weighted by atomic mass is 10.0. The van der Waals surface area contributed by atoms with Crippen LogP contribution in [0.25, 0.3) is 0 Å². The van der Waals surface area contributed by atoms with Crippen molar-refractivity contribution >= 4 is 5.91 Å². The molecule has 0 radical (unpaired) electrons. The average Bonchev–Trinajstić information content (AvgIpc) is 2.44. The molecule has 1 amide bonds. The average molecular weight is 325 g/mol. The molecular formula is C14H26F3N3O2.